The van der Waals surface area contributed by atoms with Crippen LogP contribution in [0.3, 0.4) is 0 Å². The lowest BCUT2D eigenvalue weighted by Crippen LogP contribution is -2.16. The molecule has 1 aromatic carbocycles. The average molecular weight is 481 g/mol. The average Bonchev–Trinajstić information content (AvgIpc) is 2.81. The number of aliphatic hydroxyl groups is 1. The highest BCUT2D eigenvalue weighted by atomic mass is 16.5. The Hall–Kier alpha value is -1.95. The molecule has 0 aliphatic carbocycles. The lowest BCUT2D eigenvalue weighted by atomic mass is 10.0. The van der Waals surface area contributed by atoms with Crippen molar-refractivity contribution in [3.63, 3.8) is 0 Å². The molecule has 0 aliphatic heterocycles. The first-order valence-corrected chi connectivity index (χ1v) is 13.4. The number of aliphatic hydroxyl groups excluding tert-OH is 1. The van der Waals surface area contributed by atoms with Crippen LogP contribution in [0, 0.1) is 0 Å². The normalized spacial score (nSPS) is 12.0. The molecule has 0 heterocycles. The van der Waals surface area contributed by atoms with E-state index in [1.807, 2.05) is 0 Å². The van der Waals surface area contributed by atoms with E-state index < -0.39 is 6.10 Å². The molecule has 1 rings (SSSR count). The van der Waals surface area contributed by atoms with Gasteiger partial charge in [0.25, 0.3) is 0 Å². The lowest BCUT2D eigenvalue weighted by molar-refractivity contribution is -0.146. The van der Waals surface area contributed by atoms with Gasteiger partial charge in [0.1, 0.15) is 0 Å². The second-order valence-electron chi connectivity index (χ2n) is 9.38. The Morgan fingerprint density at radius 3 is 1.97 bits per heavy atom. The quantitative estimate of drug-likeness (QED) is 0.102. The van der Waals surface area contributed by atoms with Crippen molar-refractivity contribution in [1.29, 1.82) is 0 Å². The summed E-state index contributed by atoms with van der Waals surface area (Å²) in [6, 6.07) is 3.12. The van der Waals surface area contributed by atoms with Crippen LogP contribution >= 0.6 is 0 Å². The summed E-state index contributed by atoms with van der Waals surface area (Å²) >= 11 is 0. The summed E-state index contributed by atoms with van der Waals surface area (Å²) in [5.41, 5.74) is 0.783. The van der Waals surface area contributed by atoms with Gasteiger partial charge in [0.2, 0.25) is 5.75 Å². The highest BCUT2D eigenvalue weighted by molar-refractivity contribution is 5.69. The van der Waals surface area contributed by atoms with Gasteiger partial charge in [-0.15, -0.1) is 0 Å². The summed E-state index contributed by atoms with van der Waals surface area (Å²) in [5, 5.41) is 29.4. The van der Waals surface area contributed by atoms with Crippen molar-refractivity contribution >= 4 is 5.97 Å². The van der Waals surface area contributed by atoms with Gasteiger partial charge in [-0.1, -0.05) is 90.4 Å². The number of hydrogen-bond acceptors (Lipinski definition) is 6. The molecule has 0 amide bonds. The molecule has 34 heavy (non-hydrogen) atoms. The van der Waals surface area contributed by atoms with Gasteiger partial charge in [-0.2, -0.15) is 0 Å². The molecule has 0 unspecified atom stereocenters. The van der Waals surface area contributed by atoms with Gasteiger partial charge in [-0.3, -0.25) is 4.79 Å². The number of carbonyl (C=O) groups excluding carboxylic acids is 1. The van der Waals surface area contributed by atoms with E-state index in [-0.39, 0.29) is 36.2 Å². The number of esters is 1. The standard InChI is InChI=1S/C28H48O6/c1-3-4-5-6-7-8-9-10-11-12-13-14-15-18-24(29)22-27(31)34-19-16-17-23-20-25(30)28(32)26(21-23)33-2/h20-21,24,29-30,32H,3-19,22H2,1-2H3/t24-/m0/s1. The van der Waals surface area contributed by atoms with E-state index in [4.69, 9.17) is 9.47 Å². The second kappa shape index (κ2) is 19.4. The largest absolute Gasteiger partial charge is 0.504 e. The summed E-state index contributed by atoms with van der Waals surface area (Å²) in [6.45, 7) is 2.50. The number of phenols is 2. The van der Waals surface area contributed by atoms with Crippen LogP contribution in [0.5, 0.6) is 17.2 Å². The molecule has 0 saturated carbocycles. The van der Waals surface area contributed by atoms with E-state index in [0.717, 1.165) is 18.4 Å². The molecule has 0 bridgehead atoms. The zero-order chi connectivity index (χ0) is 25.0. The zero-order valence-electron chi connectivity index (χ0n) is 21.5. The molecule has 1 aromatic rings. The van der Waals surface area contributed by atoms with Gasteiger partial charge in [-0.25, -0.2) is 0 Å². The van der Waals surface area contributed by atoms with E-state index in [0.29, 0.717) is 19.3 Å². The van der Waals surface area contributed by atoms with E-state index in [1.54, 1.807) is 6.07 Å². The third-order valence-corrected chi connectivity index (χ3v) is 6.25. The second-order valence-corrected chi connectivity index (χ2v) is 9.38. The van der Waals surface area contributed by atoms with Crippen molar-refractivity contribution in [3.8, 4) is 17.2 Å². The molecular weight excluding hydrogens is 432 g/mol. The first-order chi connectivity index (χ1) is 16.5. The molecule has 3 N–H and O–H groups in total. The van der Waals surface area contributed by atoms with Crippen LogP contribution in [-0.2, 0) is 16.0 Å². The summed E-state index contributed by atoms with van der Waals surface area (Å²) in [4.78, 5) is 11.9. The minimum atomic E-state index is -0.640. The maximum absolute atomic E-state index is 11.9. The molecule has 0 aromatic heterocycles. The smallest absolute Gasteiger partial charge is 0.308 e. The van der Waals surface area contributed by atoms with Gasteiger partial charge in [-0.05, 0) is 37.0 Å². The Labute approximate surface area is 206 Å². The number of aryl methyl sites for hydroxylation is 1. The molecule has 0 spiro atoms. The Kier molecular flexibility index (Phi) is 17.1. The lowest BCUT2D eigenvalue weighted by Gasteiger charge is -2.11. The maximum atomic E-state index is 11.9. The topological polar surface area (TPSA) is 96.2 Å². The first-order valence-electron chi connectivity index (χ1n) is 13.4. The number of unbranched alkanes of at least 4 members (excludes halogenated alkanes) is 12. The molecule has 0 radical (unpaired) electrons. The zero-order valence-corrected chi connectivity index (χ0v) is 21.5. The van der Waals surface area contributed by atoms with Gasteiger partial charge in [0.15, 0.2) is 11.5 Å². The van der Waals surface area contributed by atoms with Gasteiger partial charge < -0.3 is 24.8 Å². The van der Waals surface area contributed by atoms with Gasteiger partial charge in [0.05, 0.1) is 26.2 Å². The predicted octanol–water partition coefficient (Wildman–Crippen LogP) is 6.81. The minimum Gasteiger partial charge on any atom is -0.504 e. The third kappa shape index (κ3) is 14.3. The van der Waals surface area contributed by atoms with Crippen molar-refractivity contribution in [2.75, 3.05) is 13.7 Å². The van der Waals surface area contributed by atoms with Crippen molar-refractivity contribution < 1.29 is 29.6 Å². The minimum absolute atomic E-state index is 0.0338. The van der Waals surface area contributed by atoms with E-state index in [2.05, 4.69) is 6.92 Å². The Morgan fingerprint density at radius 2 is 1.41 bits per heavy atom. The van der Waals surface area contributed by atoms with E-state index >= 15 is 0 Å². The van der Waals surface area contributed by atoms with Crippen LogP contribution in [0.2, 0.25) is 0 Å². The van der Waals surface area contributed by atoms with Crippen molar-refractivity contribution in [2.45, 2.75) is 122 Å². The van der Waals surface area contributed by atoms with Crippen LogP contribution < -0.4 is 4.74 Å². The SMILES string of the molecule is CCCCCCCCCCCCCCC[C@H](O)CC(=O)OCCCc1cc(O)c(O)c(OC)c1. The number of hydrogen-bond donors (Lipinski definition) is 3. The van der Waals surface area contributed by atoms with Crippen LogP contribution in [-0.4, -0.2) is 41.1 Å². The Bertz CT molecular complexity index is 661. The number of phenolic OH excluding ortho intramolecular Hbond substituents is 2. The van der Waals surface area contributed by atoms with Crippen LogP contribution in [0.4, 0.5) is 0 Å². The number of ether oxygens (including phenoxy) is 2. The number of carbonyl (C=O) groups is 1. The van der Waals surface area contributed by atoms with Gasteiger partial charge >= 0.3 is 5.97 Å². The molecule has 0 saturated heterocycles. The highest BCUT2D eigenvalue weighted by Gasteiger charge is 2.13. The highest BCUT2D eigenvalue weighted by Crippen LogP contribution is 2.36. The molecule has 1 atom stereocenters. The summed E-state index contributed by atoms with van der Waals surface area (Å²) < 4.78 is 10.2. The monoisotopic (exact) mass is 480 g/mol. The number of aromatic hydroxyl groups is 2. The van der Waals surface area contributed by atoms with Crippen LogP contribution in [0.1, 0.15) is 115 Å². The first kappa shape index (κ1) is 30.1. The molecule has 6 nitrogen and oxygen atoms in total. The fraction of sp³-hybridized carbons (Fsp3) is 0.750. The van der Waals surface area contributed by atoms with Crippen molar-refractivity contribution in [3.05, 3.63) is 17.7 Å². The van der Waals surface area contributed by atoms with Crippen LogP contribution in [0.15, 0.2) is 12.1 Å². The van der Waals surface area contributed by atoms with Crippen molar-refractivity contribution in [1.82, 2.24) is 0 Å². The Balaban J connectivity index is 1.98. The Morgan fingerprint density at radius 1 is 0.853 bits per heavy atom. The molecule has 6 heteroatoms. The molecule has 0 aliphatic rings. The number of benzene rings is 1. The summed E-state index contributed by atoms with van der Waals surface area (Å²) in [7, 11) is 1.42. The van der Waals surface area contributed by atoms with E-state index in [1.165, 1.54) is 83.8 Å². The number of methoxy groups -OCH3 is 1. The van der Waals surface area contributed by atoms with Gasteiger partial charge in [0, 0.05) is 0 Å². The summed E-state index contributed by atoms with van der Waals surface area (Å²) in [6.07, 6.45) is 17.9. The molecular formula is C28H48O6. The predicted molar refractivity (Wildman–Crippen MR) is 137 cm³/mol. The molecule has 0 fully saturated rings. The third-order valence-electron chi connectivity index (χ3n) is 6.25. The fourth-order valence-corrected chi connectivity index (χ4v) is 4.16. The molecule has 196 valence electrons. The van der Waals surface area contributed by atoms with E-state index in [9.17, 15) is 20.1 Å². The summed E-state index contributed by atoms with van der Waals surface area (Å²) in [5.74, 6) is -0.686. The fourth-order valence-electron chi connectivity index (χ4n) is 4.16. The van der Waals surface area contributed by atoms with Crippen molar-refractivity contribution in [2.24, 2.45) is 0 Å². The maximum Gasteiger partial charge on any atom is 0.308 e. The van der Waals surface area contributed by atoms with Crippen LogP contribution in [0.25, 0.3) is 0 Å². The number of rotatable bonds is 21.